The summed E-state index contributed by atoms with van der Waals surface area (Å²) in [5, 5.41) is 11.5. The Morgan fingerprint density at radius 3 is 2.66 bits per heavy atom. The Morgan fingerprint density at radius 2 is 1.91 bits per heavy atom. The molecule has 0 radical (unpaired) electrons. The van der Waals surface area contributed by atoms with Crippen LogP contribution in [0.3, 0.4) is 0 Å². The molecule has 32 heavy (non-hydrogen) atoms. The number of fused-ring (bicyclic) bond motifs is 1. The van der Waals surface area contributed by atoms with Crippen molar-refractivity contribution in [2.45, 2.75) is 51.4 Å². The zero-order valence-electron chi connectivity index (χ0n) is 16.9. The zero-order chi connectivity index (χ0) is 22.9. The van der Waals surface area contributed by atoms with Crippen LogP contribution in [0.25, 0.3) is 0 Å². The van der Waals surface area contributed by atoms with E-state index in [0.29, 0.717) is 47.2 Å². The third-order valence-corrected chi connectivity index (χ3v) is 6.05. The molecule has 3 aromatic rings. The second kappa shape index (κ2) is 9.15. The van der Waals surface area contributed by atoms with Crippen molar-refractivity contribution in [3.8, 4) is 0 Å². The number of amides is 1. The minimum absolute atomic E-state index is 0.220. The van der Waals surface area contributed by atoms with Crippen LogP contribution in [0.2, 0.25) is 10.0 Å². The lowest BCUT2D eigenvalue weighted by Crippen LogP contribution is -2.21. The van der Waals surface area contributed by atoms with Crippen LogP contribution in [0.1, 0.15) is 41.8 Å². The standard InChI is InChI=1S/C21H20Cl2F3N5O/c22-16-7-6-13(8-17(16)23)10-30-11-14(9-27-30)28-19(32)12-31-18-5-3-1-2-4-15(18)20(29-31)21(24,25)26/h6-9,11H,1-5,10,12H2,(H,28,32). The summed E-state index contributed by atoms with van der Waals surface area (Å²) in [6.45, 7) is 0.116. The molecule has 0 atom stereocenters. The summed E-state index contributed by atoms with van der Waals surface area (Å²) in [5.41, 5.74) is 1.15. The van der Waals surface area contributed by atoms with E-state index in [9.17, 15) is 18.0 Å². The monoisotopic (exact) mass is 485 g/mol. The average Bonchev–Trinajstić information content (AvgIpc) is 3.20. The summed E-state index contributed by atoms with van der Waals surface area (Å²) in [4.78, 5) is 12.5. The number of halogens is 5. The highest BCUT2D eigenvalue weighted by Crippen LogP contribution is 2.35. The van der Waals surface area contributed by atoms with Gasteiger partial charge >= 0.3 is 6.18 Å². The SMILES string of the molecule is O=C(Cn1nc(C(F)(F)F)c2c1CCCCC2)Nc1cnn(Cc2ccc(Cl)c(Cl)c2)c1. The van der Waals surface area contributed by atoms with Crippen LogP contribution in [0.5, 0.6) is 0 Å². The van der Waals surface area contributed by atoms with Crippen LogP contribution >= 0.6 is 23.2 Å². The second-order valence-electron chi connectivity index (χ2n) is 7.71. The maximum Gasteiger partial charge on any atom is 0.435 e. The number of rotatable bonds is 5. The quantitative estimate of drug-likeness (QED) is 0.494. The zero-order valence-corrected chi connectivity index (χ0v) is 18.4. The van der Waals surface area contributed by atoms with Crippen molar-refractivity contribution >= 4 is 34.8 Å². The lowest BCUT2D eigenvalue weighted by atomic mass is 10.1. The number of nitrogens with one attached hydrogen (secondary N) is 1. The van der Waals surface area contributed by atoms with Crippen molar-refractivity contribution in [3.05, 3.63) is 63.2 Å². The Kier molecular flexibility index (Phi) is 6.48. The van der Waals surface area contributed by atoms with Crippen molar-refractivity contribution in [1.29, 1.82) is 0 Å². The highest BCUT2D eigenvalue weighted by Gasteiger charge is 2.39. The van der Waals surface area contributed by atoms with Gasteiger partial charge in [-0.05, 0) is 43.4 Å². The second-order valence-corrected chi connectivity index (χ2v) is 8.53. The lowest BCUT2D eigenvalue weighted by Gasteiger charge is -2.07. The van der Waals surface area contributed by atoms with E-state index < -0.39 is 17.8 Å². The minimum Gasteiger partial charge on any atom is -0.322 e. The molecule has 4 rings (SSSR count). The number of carbonyl (C=O) groups is 1. The molecule has 170 valence electrons. The Bertz CT molecular complexity index is 1140. The summed E-state index contributed by atoms with van der Waals surface area (Å²) in [6.07, 6.45) is 1.69. The fourth-order valence-electron chi connectivity index (χ4n) is 3.88. The molecule has 0 spiro atoms. The summed E-state index contributed by atoms with van der Waals surface area (Å²) in [6, 6.07) is 5.23. The number of hydrogen-bond donors (Lipinski definition) is 1. The van der Waals surface area contributed by atoms with Crippen molar-refractivity contribution in [1.82, 2.24) is 19.6 Å². The maximum atomic E-state index is 13.4. The highest BCUT2D eigenvalue weighted by atomic mass is 35.5. The average molecular weight is 486 g/mol. The maximum absolute atomic E-state index is 13.4. The van der Waals surface area contributed by atoms with Gasteiger partial charge in [-0.15, -0.1) is 0 Å². The number of benzene rings is 1. The molecule has 0 fully saturated rings. The van der Waals surface area contributed by atoms with Crippen LogP contribution in [-0.2, 0) is 36.9 Å². The van der Waals surface area contributed by atoms with Gasteiger partial charge < -0.3 is 5.32 Å². The van der Waals surface area contributed by atoms with Gasteiger partial charge in [-0.1, -0.05) is 35.7 Å². The smallest absolute Gasteiger partial charge is 0.322 e. The van der Waals surface area contributed by atoms with Gasteiger partial charge in [0.25, 0.3) is 0 Å². The minimum atomic E-state index is -4.54. The molecule has 2 heterocycles. The first kappa shape index (κ1) is 22.7. The van der Waals surface area contributed by atoms with E-state index in [1.165, 1.54) is 10.9 Å². The number of aromatic nitrogens is 4. The van der Waals surface area contributed by atoms with Crippen molar-refractivity contribution in [2.75, 3.05) is 5.32 Å². The third kappa shape index (κ3) is 5.10. The molecule has 0 bridgehead atoms. The number of alkyl halides is 3. The van der Waals surface area contributed by atoms with E-state index in [-0.39, 0.29) is 12.1 Å². The normalized spacial score (nSPS) is 14.2. The molecule has 1 amide bonds. The molecule has 0 unspecified atom stereocenters. The molecule has 1 aromatic carbocycles. The number of hydrogen-bond acceptors (Lipinski definition) is 3. The van der Waals surface area contributed by atoms with Crippen molar-refractivity contribution in [2.24, 2.45) is 0 Å². The van der Waals surface area contributed by atoms with Gasteiger partial charge in [0, 0.05) is 17.5 Å². The van der Waals surface area contributed by atoms with Gasteiger partial charge in [0.1, 0.15) is 6.54 Å². The Balaban J connectivity index is 1.45. The molecule has 1 N–H and O–H groups in total. The molecule has 1 aliphatic carbocycles. The predicted molar refractivity (Wildman–Crippen MR) is 115 cm³/mol. The van der Waals surface area contributed by atoms with E-state index >= 15 is 0 Å². The first-order chi connectivity index (χ1) is 15.2. The van der Waals surface area contributed by atoms with E-state index in [2.05, 4.69) is 15.5 Å². The predicted octanol–water partition coefficient (Wildman–Crippen LogP) is 5.36. The molecule has 0 aliphatic heterocycles. The van der Waals surface area contributed by atoms with E-state index in [0.717, 1.165) is 18.4 Å². The topological polar surface area (TPSA) is 64.7 Å². The molecule has 0 saturated carbocycles. The van der Waals surface area contributed by atoms with Crippen LogP contribution < -0.4 is 5.32 Å². The first-order valence-corrected chi connectivity index (χ1v) is 10.9. The molecule has 6 nitrogen and oxygen atoms in total. The number of nitrogens with zero attached hydrogens (tertiary/aromatic N) is 4. The summed E-state index contributed by atoms with van der Waals surface area (Å²) in [5.74, 6) is -0.470. The summed E-state index contributed by atoms with van der Waals surface area (Å²) >= 11 is 11.9. The third-order valence-electron chi connectivity index (χ3n) is 5.31. The van der Waals surface area contributed by atoms with Crippen LogP contribution in [0.15, 0.2) is 30.6 Å². The molecule has 1 aliphatic rings. The van der Waals surface area contributed by atoms with Gasteiger partial charge in [-0.25, -0.2) is 0 Å². The van der Waals surface area contributed by atoms with Gasteiger partial charge in [-0.3, -0.25) is 14.2 Å². The molecule has 2 aromatic heterocycles. The molecular weight excluding hydrogens is 466 g/mol. The summed E-state index contributed by atoms with van der Waals surface area (Å²) < 4.78 is 43.1. The molecule has 0 saturated heterocycles. The fraction of sp³-hybridized carbons (Fsp3) is 0.381. The van der Waals surface area contributed by atoms with Crippen molar-refractivity contribution < 1.29 is 18.0 Å². The van der Waals surface area contributed by atoms with Gasteiger partial charge in [0.15, 0.2) is 5.69 Å². The fourth-order valence-corrected chi connectivity index (χ4v) is 4.20. The largest absolute Gasteiger partial charge is 0.435 e. The number of carbonyl (C=O) groups excluding carboxylic acids is 1. The first-order valence-electron chi connectivity index (χ1n) is 10.1. The van der Waals surface area contributed by atoms with Gasteiger partial charge in [0.2, 0.25) is 5.91 Å². The lowest BCUT2D eigenvalue weighted by molar-refractivity contribution is -0.142. The van der Waals surface area contributed by atoms with Crippen LogP contribution in [-0.4, -0.2) is 25.5 Å². The Morgan fingerprint density at radius 1 is 1.12 bits per heavy atom. The Hall–Kier alpha value is -2.52. The number of anilines is 1. The molecular formula is C21H20Cl2F3N5O. The molecule has 11 heteroatoms. The van der Waals surface area contributed by atoms with E-state index in [1.807, 2.05) is 6.07 Å². The van der Waals surface area contributed by atoms with Crippen molar-refractivity contribution in [3.63, 3.8) is 0 Å². The van der Waals surface area contributed by atoms with E-state index in [4.69, 9.17) is 23.2 Å². The summed E-state index contributed by atoms with van der Waals surface area (Å²) in [7, 11) is 0. The van der Waals surface area contributed by atoms with Crippen LogP contribution in [0.4, 0.5) is 18.9 Å². The van der Waals surface area contributed by atoms with Crippen LogP contribution in [0, 0.1) is 0 Å². The van der Waals surface area contributed by atoms with Gasteiger partial charge in [-0.2, -0.15) is 23.4 Å². The Labute approximate surface area is 192 Å². The van der Waals surface area contributed by atoms with E-state index in [1.54, 1.807) is 23.0 Å². The highest BCUT2D eigenvalue weighted by molar-refractivity contribution is 6.42. The van der Waals surface area contributed by atoms with Gasteiger partial charge in [0.05, 0.1) is 28.5 Å².